The van der Waals surface area contributed by atoms with Crippen LogP contribution < -0.4 is 10.1 Å². The summed E-state index contributed by atoms with van der Waals surface area (Å²) in [6, 6.07) is 1.87. The molecular weight excluding hydrogens is 238 g/mol. The molecule has 4 nitrogen and oxygen atoms in total. The lowest BCUT2D eigenvalue weighted by molar-refractivity contribution is 0.276. The highest BCUT2D eigenvalue weighted by molar-refractivity contribution is 5.39. The van der Waals surface area contributed by atoms with Crippen molar-refractivity contribution in [2.24, 2.45) is 5.92 Å². The molecule has 0 aliphatic rings. The van der Waals surface area contributed by atoms with E-state index in [1.54, 1.807) is 0 Å². The standard InChI is InChI=1S/C15H27N3O/c1-7-16-12-10-13(19-9-8-11(2)3)18-14(17-12)15(4,5)6/h10-11H,7-9H2,1-6H3,(H,16,17,18). The second-order valence-electron chi connectivity index (χ2n) is 6.23. The van der Waals surface area contributed by atoms with Crippen LogP contribution in [0.1, 0.15) is 53.8 Å². The Labute approximate surface area is 117 Å². The lowest BCUT2D eigenvalue weighted by Gasteiger charge is -2.19. The Morgan fingerprint density at radius 3 is 2.47 bits per heavy atom. The first-order valence-corrected chi connectivity index (χ1v) is 7.09. The molecule has 0 saturated heterocycles. The van der Waals surface area contributed by atoms with Gasteiger partial charge in [-0.25, -0.2) is 4.98 Å². The molecule has 0 atom stereocenters. The molecule has 4 heteroatoms. The first-order valence-electron chi connectivity index (χ1n) is 7.09. The Balaban J connectivity index is 2.87. The Bertz CT molecular complexity index is 397. The molecule has 108 valence electrons. The third-order valence-electron chi connectivity index (χ3n) is 2.68. The highest BCUT2D eigenvalue weighted by Gasteiger charge is 2.19. The van der Waals surface area contributed by atoms with Gasteiger partial charge in [0.25, 0.3) is 0 Å². The van der Waals surface area contributed by atoms with E-state index in [1.807, 2.05) is 6.07 Å². The highest BCUT2D eigenvalue weighted by Crippen LogP contribution is 2.23. The summed E-state index contributed by atoms with van der Waals surface area (Å²) in [6.45, 7) is 14.3. The molecule has 0 aliphatic heterocycles. The van der Waals surface area contributed by atoms with Crippen molar-refractivity contribution in [3.05, 3.63) is 11.9 Å². The molecule has 0 saturated carbocycles. The lowest BCUT2D eigenvalue weighted by atomic mass is 9.96. The van der Waals surface area contributed by atoms with Crippen LogP contribution in [-0.2, 0) is 5.41 Å². The Morgan fingerprint density at radius 1 is 1.26 bits per heavy atom. The van der Waals surface area contributed by atoms with Gasteiger partial charge in [0.2, 0.25) is 5.88 Å². The van der Waals surface area contributed by atoms with Crippen LogP contribution in [0, 0.1) is 5.92 Å². The Hall–Kier alpha value is -1.32. The second-order valence-corrected chi connectivity index (χ2v) is 6.23. The number of anilines is 1. The molecule has 0 fully saturated rings. The fraction of sp³-hybridized carbons (Fsp3) is 0.733. The van der Waals surface area contributed by atoms with E-state index >= 15 is 0 Å². The van der Waals surface area contributed by atoms with Crippen LogP contribution >= 0.6 is 0 Å². The third kappa shape index (κ3) is 5.45. The van der Waals surface area contributed by atoms with Gasteiger partial charge in [-0.15, -0.1) is 0 Å². The summed E-state index contributed by atoms with van der Waals surface area (Å²) >= 11 is 0. The summed E-state index contributed by atoms with van der Waals surface area (Å²) in [4.78, 5) is 9.05. The summed E-state index contributed by atoms with van der Waals surface area (Å²) in [5.41, 5.74) is -0.0818. The zero-order valence-electron chi connectivity index (χ0n) is 13.1. The summed E-state index contributed by atoms with van der Waals surface area (Å²) < 4.78 is 5.75. The molecule has 1 N–H and O–H groups in total. The minimum Gasteiger partial charge on any atom is -0.478 e. The summed E-state index contributed by atoms with van der Waals surface area (Å²) in [7, 11) is 0. The van der Waals surface area contributed by atoms with Crippen LogP contribution in [0.5, 0.6) is 5.88 Å². The van der Waals surface area contributed by atoms with Gasteiger partial charge in [-0.1, -0.05) is 34.6 Å². The Morgan fingerprint density at radius 2 is 1.95 bits per heavy atom. The first-order chi connectivity index (χ1) is 8.82. The van der Waals surface area contributed by atoms with E-state index in [2.05, 4.69) is 56.8 Å². The van der Waals surface area contributed by atoms with Crippen LogP contribution in [0.3, 0.4) is 0 Å². The fourth-order valence-electron chi connectivity index (χ4n) is 1.51. The molecule has 0 bridgehead atoms. The van der Waals surface area contributed by atoms with Crippen LogP contribution in [-0.4, -0.2) is 23.1 Å². The van der Waals surface area contributed by atoms with E-state index in [0.717, 1.165) is 24.6 Å². The van der Waals surface area contributed by atoms with Crippen molar-refractivity contribution in [3.8, 4) is 5.88 Å². The van der Waals surface area contributed by atoms with E-state index in [-0.39, 0.29) is 5.41 Å². The number of ether oxygens (including phenoxy) is 1. The van der Waals surface area contributed by atoms with Crippen molar-refractivity contribution >= 4 is 5.82 Å². The van der Waals surface area contributed by atoms with Gasteiger partial charge in [0, 0.05) is 18.0 Å². The summed E-state index contributed by atoms with van der Waals surface area (Å²) in [6.07, 6.45) is 1.03. The van der Waals surface area contributed by atoms with E-state index < -0.39 is 0 Å². The molecule has 19 heavy (non-hydrogen) atoms. The number of nitrogens with one attached hydrogen (secondary N) is 1. The van der Waals surface area contributed by atoms with Gasteiger partial charge in [-0.2, -0.15) is 4.98 Å². The fourth-order valence-corrected chi connectivity index (χ4v) is 1.51. The maximum absolute atomic E-state index is 5.75. The predicted molar refractivity (Wildman–Crippen MR) is 79.8 cm³/mol. The molecule has 0 unspecified atom stereocenters. The number of hydrogen-bond donors (Lipinski definition) is 1. The van der Waals surface area contributed by atoms with Crippen molar-refractivity contribution in [2.75, 3.05) is 18.5 Å². The van der Waals surface area contributed by atoms with Gasteiger partial charge in [0.15, 0.2) is 0 Å². The smallest absolute Gasteiger partial charge is 0.218 e. The third-order valence-corrected chi connectivity index (χ3v) is 2.68. The minimum absolute atomic E-state index is 0.0818. The van der Waals surface area contributed by atoms with E-state index in [0.29, 0.717) is 18.4 Å². The quantitative estimate of drug-likeness (QED) is 0.853. The van der Waals surface area contributed by atoms with Crippen LogP contribution in [0.2, 0.25) is 0 Å². The predicted octanol–water partition coefficient (Wildman–Crippen LogP) is 3.63. The van der Waals surface area contributed by atoms with E-state index in [4.69, 9.17) is 4.74 Å². The van der Waals surface area contributed by atoms with Crippen molar-refractivity contribution < 1.29 is 4.74 Å². The van der Waals surface area contributed by atoms with Crippen LogP contribution in [0.4, 0.5) is 5.82 Å². The van der Waals surface area contributed by atoms with Crippen molar-refractivity contribution in [2.45, 2.75) is 53.4 Å². The van der Waals surface area contributed by atoms with Gasteiger partial charge in [0.05, 0.1) is 6.61 Å². The Kier molecular flexibility index (Phi) is 5.58. The molecule has 0 spiro atoms. The number of aromatic nitrogens is 2. The molecule has 0 amide bonds. The first kappa shape index (κ1) is 15.7. The highest BCUT2D eigenvalue weighted by atomic mass is 16.5. The van der Waals surface area contributed by atoms with Gasteiger partial charge in [-0.05, 0) is 19.3 Å². The summed E-state index contributed by atoms with van der Waals surface area (Å²) in [5.74, 6) is 2.95. The molecule has 1 rings (SSSR count). The van der Waals surface area contributed by atoms with Crippen molar-refractivity contribution in [1.82, 2.24) is 9.97 Å². The van der Waals surface area contributed by atoms with Gasteiger partial charge >= 0.3 is 0 Å². The normalized spacial score (nSPS) is 11.7. The van der Waals surface area contributed by atoms with Crippen LogP contribution in [0.15, 0.2) is 6.07 Å². The summed E-state index contributed by atoms with van der Waals surface area (Å²) in [5, 5.41) is 3.23. The topological polar surface area (TPSA) is 47.0 Å². The number of hydrogen-bond acceptors (Lipinski definition) is 4. The number of rotatable bonds is 6. The molecule has 1 heterocycles. The molecule has 0 aromatic carbocycles. The SMILES string of the molecule is CCNc1cc(OCCC(C)C)nc(C(C)(C)C)n1. The maximum Gasteiger partial charge on any atom is 0.218 e. The molecule has 0 radical (unpaired) electrons. The van der Waals surface area contributed by atoms with E-state index in [9.17, 15) is 0 Å². The molecular formula is C15H27N3O. The van der Waals surface area contributed by atoms with Gasteiger partial charge in [0.1, 0.15) is 11.6 Å². The zero-order valence-corrected chi connectivity index (χ0v) is 13.1. The number of nitrogens with zero attached hydrogens (tertiary/aromatic N) is 2. The monoisotopic (exact) mass is 265 g/mol. The van der Waals surface area contributed by atoms with Gasteiger partial charge < -0.3 is 10.1 Å². The van der Waals surface area contributed by atoms with Gasteiger partial charge in [-0.3, -0.25) is 0 Å². The average Bonchev–Trinajstić information content (AvgIpc) is 2.27. The molecule has 1 aromatic heterocycles. The van der Waals surface area contributed by atoms with E-state index in [1.165, 1.54) is 0 Å². The molecule has 1 aromatic rings. The largest absolute Gasteiger partial charge is 0.478 e. The zero-order chi connectivity index (χ0) is 14.5. The lowest BCUT2D eigenvalue weighted by Crippen LogP contribution is -2.18. The second kappa shape index (κ2) is 6.73. The molecule has 0 aliphatic carbocycles. The van der Waals surface area contributed by atoms with Crippen LogP contribution in [0.25, 0.3) is 0 Å². The average molecular weight is 265 g/mol. The minimum atomic E-state index is -0.0818. The van der Waals surface area contributed by atoms with Crippen molar-refractivity contribution in [3.63, 3.8) is 0 Å². The maximum atomic E-state index is 5.75. The van der Waals surface area contributed by atoms with Crippen molar-refractivity contribution in [1.29, 1.82) is 0 Å².